The first-order chi connectivity index (χ1) is 18.9. The minimum Gasteiger partial charge on any atom is -0.493 e. The normalized spacial score (nSPS) is 11.0. The predicted molar refractivity (Wildman–Crippen MR) is 140 cm³/mol. The number of nitrogens with zero attached hydrogens (tertiary/aromatic N) is 7. The zero-order valence-corrected chi connectivity index (χ0v) is 21.6. The van der Waals surface area contributed by atoms with E-state index >= 15 is 0 Å². The van der Waals surface area contributed by atoms with Crippen molar-refractivity contribution in [2.24, 2.45) is 11.5 Å². The Hall–Kier alpha value is -5.24. The van der Waals surface area contributed by atoms with Crippen LogP contribution in [0, 0.1) is 6.92 Å². The molecule has 0 bridgehead atoms. The Kier molecular flexibility index (Phi) is 6.68. The molecular weight excluding hydrogens is 506 g/mol. The van der Waals surface area contributed by atoms with E-state index < -0.39 is 6.03 Å². The Bertz CT molecular complexity index is 1660. The highest BCUT2D eigenvalue weighted by atomic mass is 16.5. The number of hydrogen-bond acceptors (Lipinski definition) is 11. The van der Waals surface area contributed by atoms with Gasteiger partial charge in [0, 0.05) is 11.6 Å². The Morgan fingerprint density at radius 2 is 1.82 bits per heavy atom. The summed E-state index contributed by atoms with van der Waals surface area (Å²) >= 11 is 0. The first-order valence-electron chi connectivity index (χ1n) is 11.6. The third-order valence-corrected chi connectivity index (χ3v) is 5.97. The third kappa shape index (κ3) is 4.42. The summed E-state index contributed by atoms with van der Waals surface area (Å²) in [5.74, 6) is 1.81. The van der Waals surface area contributed by atoms with E-state index in [1.807, 2.05) is 0 Å². The van der Waals surface area contributed by atoms with Crippen LogP contribution in [0.25, 0.3) is 28.4 Å². The van der Waals surface area contributed by atoms with Gasteiger partial charge in [-0.1, -0.05) is 5.16 Å². The Morgan fingerprint density at radius 3 is 2.41 bits per heavy atom. The molecule has 0 unspecified atom stereocenters. The highest BCUT2D eigenvalue weighted by Gasteiger charge is 2.26. The maximum atomic E-state index is 13.0. The summed E-state index contributed by atoms with van der Waals surface area (Å²) in [6, 6.07) is 6.20. The van der Waals surface area contributed by atoms with Crippen molar-refractivity contribution in [1.82, 2.24) is 29.7 Å². The van der Waals surface area contributed by atoms with Crippen LogP contribution in [0.3, 0.4) is 0 Å². The largest absolute Gasteiger partial charge is 0.493 e. The van der Waals surface area contributed by atoms with Crippen molar-refractivity contribution >= 4 is 23.1 Å². The number of primary amides is 1. The number of ether oxygens (including phenoxy) is 3. The molecular formula is C25H25N9O5. The number of anilines is 2. The zero-order chi connectivity index (χ0) is 27.7. The number of urea groups is 1. The maximum Gasteiger partial charge on any atom is 0.324 e. The van der Waals surface area contributed by atoms with E-state index in [1.54, 1.807) is 41.9 Å². The molecule has 200 valence electrons. The van der Waals surface area contributed by atoms with Gasteiger partial charge in [0.25, 0.3) is 0 Å². The molecule has 4 N–H and O–H groups in total. The molecule has 0 aliphatic heterocycles. The van der Waals surface area contributed by atoms with Crippen LogP contribution in [-0.4, -0.2) is 57.1 Å². The second kappa shape index (κ2) is 10.3. The van der Waals surface area contributed by atoms with Gasteiger partial charge in [-0.15, -0.1) is 0 Å². The van der Waals surface area contributed by atoms with Crippen LogP contribution in [0.5, 0.6) is 17.2 Å². The molecule has 0 aliphatic rings. The Morgan fingerprint density at radius 1 is 1.08 bits per heavy atom. The summed E-state index contributed by atoms with van der Waals surface area (Å²) in [6.07, 6.45) is 4.62. The Balaban J connectivity index is 1.71. The lowest BCUT2D eigenvalue weighted by atomic mass is 10.1. The quantitative estimate of drug-likeness (QED) is 0.300. The summed E-state index contributed by atoms with van der Waals surface area (Å²) < 4.78 is 23.3. The van der Waals surface area contributed by atoms with Gasteiger partial charge in [-0.25, -0.2) is 14.3 Å². The fraction of sp³-hybridized carbons (Fsp3) is 0.200. The average molecular weight is 532 g/mol. The molecule has 14 heteroatoms. The SMILES string of the molecule is COc1cc(-c2c(N(C(N)=O)c3cnc(-c4noc(CN)n4)c(C)c3)cnc3ccnn23)cc(OC)c1OC. The minimum absolute atomic E-state index is 0.103. The number of hydrogen-bond donors (Lipinski definition) is 2. The molecule has 0 fully saturated rings. The van der Waals surface area contributed by atoms with Crippen LogP contribution in [0.2, 0.25) is 0 Å². The van der Waals surface area contributed by atoms with Gasteiger partial charge >= 0.3 is 6.03 Å². The van der Waals surface area contributed by atoms with E-state index in [-0.39, 0.29) is 18.3 Å². The molecule has 14 nitrogen and oxygen atoms in total. The number of rotatable bonds is 8. The predicted octanol–water partition coefficient (Wildman–Crippen LogP) is 2.85. The highest BCUT2D eigenvalue weighted by Crippen LogP contribution is 2.44. The molecule has 4 aromatic heterocycles. The molecule has 4 heterocycles. The first kappa shape index (κ1) is 25.4. The van der Waals surface area contributed by atoms with Gasteiger partial charge in [0.1, 0.15) is 11.4 Å². The minimum atomic E-state index is -0.768. The van der Waals surface area contributed by atoms with Crippen LogP contribution in [0.15, 0.2) is 47.4 Å². The van der Waals surface area contributed by atoms with E-state index in [0.717, 1.165) is 0 Å². The lowest BCUT2D eigenvalue weighted by Gasteiger charge is -2.24. The summed E-state index contributed by atoms with van der Waals surface area (Å²) in [7, 11) is 4.55. The molecule has 0 saturated heterocycles. The van der Waals surface area contributed by atoms with Crippen LogP contribution < -0.4 is 30.6 Å². The fourth-order valence-electron chi connectivity index (χ4n) is 4.25. The second-order valence-electron chi connectivity index (χ2n) is 8.26. The number of methoxy groups -OCH3 is 3. The van der Waals surface area contributed by atoms with Gasteiger partial charge in [-0.2, -0.15) is 10.1 Å². The number of carbonyl (C=O) groups excluding carboxylic acids is 1. The number of fused-ring (bicyclic) bond motifs is 1. The van der Waals surface area contributed by atoms with Gasteiger partial charge in [0.05, 0.1) is 57.8 Å². The van der Waals surface area contributed by atoms with Crippen LogP contribution in [0.1, 0.15) is 11.5 Å². The summed E-state index contributed by atoms with van der Waals surface area (Å²) in [4.78, 5) is 27.4. The molecule has 0 saturated carbocycles. The molecule has 0 aliphatic carbocycles. The summed E-state index contributed by atoms with van der Waals surface area (Å²) in [5.41, 5.74) is 15.0. The maximum absolute atomic E-state index is 13.0. The van der Waals surface area contributed by atoms with Crippen molar-refractivity contribution in [3.05, 3.63) is 54.3 Å². The number of nitrogens with two attached hydrogens (primary N) is 2. The monoisotopic (exact) mass is 531 g/mol. The number of aromatic nitrogens is 6. The van der Waals surface area contributed by atoms with Gasteiger partial charge in [-0.05, 0) is 30.7 Å². The van der Waals surface area contributed by atoms with Crippen molar-refractivity contribution in [2.45, 2.75) is 13.5 Å². The van der Waals surface area contributed by atoms with Crippen LogP contribution in [0.4, 0.5) is 16.2 Å². The van der Waals surface area contributed by atoms with Crippen molar-refractivity contribution in [1.29, 1.82) is 0 Å². The molecule has 39 heavy (non-hydrogen) atoms. The molecule has 0 spiro atoms. The van der Waals surface area contributed by atoms with Gasteiger partial charge < -0.3 is 30.2 Å². The lowest BCUT2D eigenvalue weighted by Crippen LogP contribution is -2.32. The van der Waals surface area contributed by atoms with Crippen molar-refractivity contribution < 1.29 is 23.5 Å². The molecule has 5 rings (SSSR count). The number of amides is 2. The summed E-state index contributed by atoms with van der Waals surface area (Å²) in [5, 5.41) is 8.36. The summed E-state index contributed by atoms with van der Waals surface area (Å²) in [6.45, 7) is 1.91. The standard InChI is InChI=1S/C25H25N9O5/c1-13-7-15(11-29-21(13)24-31-20(10-26)39-32-24)33(25(27)35)16-12-28-19-5-6-30-34(19)22(16)14-8-17(36-2)23(38-4)18(9-14)37-3/h5-9,11-12H,10,26H2,1-4H3,(H2,27,35). The average Bonchev–Trinajstić information content (AvgIpc) is 3.62. The lowest BCUT2D eigenvalue weighted by molar-refractivity contribution is 0.256. The smallest absolute Gasteiger partial charge is 0.324 e. The van der Waals surface area contributed by atoms with Crippen molar-refractivity contribution in [3.8, 4) is 40.0 Å². The molecule has 0 radical (unpaired) electrons. The molecule has 5 aromatic rings. The Labute approximate surface area is 222 Å². The van der Waals surface area contributed by atoms with Crippen molar-refractivity contribution in [3.63, 3.8) is 0 Å². The fourth-order valence-corrected chi connectivity index (χ4v) is 4.25. The van der Waals surface area contributed by atoms with Gasteiger partial charge in [0.2, 0.25) is 17.5 Å². The van der Waals surface area contributed by atoms with Crippen LogP contribution >= 0.6 is 0 Å². The van der Waals surface area contributed by atoms with E-state index in [0.29, 0.717) is 56.8 Å². The van der Waals surface area contributed by atoms with Crippen LogP contribution in [-0.2, 0) is 6.54 Å². The van der Waals surface area contributed by atoms with E-state index in [2.05, 4.69) is 25.2 Å². The topological polar surface area (TPSA) is 182 Å². The molecule has 2 amide bonds. The van der Waals surface area contributed by atoms with E-state index in [9.17, 15) is 4.79 Å². The van der Waals surface area contributed by atoms with Gasteiger partial charge in [0.15, 0.2) is 17.1 Å². The van der Waals surface area contributed by atoms with Gasteiger partial charge in [-0.3, -0.25) is 9.88 Å². The number of aryl methyl sites for hydroxylation is 1. The van der Waals surface area contributed by atoms with Crippen molar-refractivity contribution in [2.75, 3.05) is 26.2 Å². The molecule has 0 atom stereocenters. The second-order valence-corrected chi connectivity index (χ2v) is 8.26. The number of benzene rings is 1. The third-order valence-electron chi connectivity index (χ3n) is 5.97. The number of carbonyl (C=O) groups is 1. The first-order valence-corrected chi connectivity index (χ1v) is 11.6. The zero-order valence-electron chi connectivity index (χ0n) is 21.6. The molecule has 1 aromatic carbocycles. The highest BCUT2D eigenvalue weighted by molar-refractivity contribution is 6.02. The van der Waals surface area contributed by atoms with E-state index in [1.165, 1.54) is 38.6 Å². The van der Waals surface area contributed by atoms with E-state index in [4.69, 9.17) is 30.2 Å². The number of pyridine rings is 1.